The van der Waals surface area contributed by atoms with Crippen molar-refractivity contribution in [3.8, 4) is 0 Å². The van der Waals surface area contributed by atoms with Crippen molar-refractivity contribution in [1.82, 2.24) is 9.80 Å². The fourth-order valence-corrected chi connectivity index (χ4v) is 5.25. The fraction of sp³-hybridized carbons (Fsp3) is 0.696. The lowest BCUT2D eigenvalue weighted by atomic mass is 9.76. The van der Waals surface area contributed by atoms with Crippen LogP contribution in [0.5, 0.6) is 0 Å². The van der Waals surface area contributed by atoms with Crippen LogP contribution in [0.25, 0.3) is 0 Å². The Kier molecular flexibility index (Phi) is 5.56. The number of amides is 1. The van der Waals surface area contributed by atoms with Crippen LogP contribution in [-0.4, -0.2) is 61.1 Å². The first-order valence-corrected chi connectivity index (χ1v) is 10.7. The molecule has 2 atom stereocenters. The molecule has 4 nitrogen and oxygen atoms in total. The van der Waals surface area contributed by atoms with Crippen LogP contribution < -0.4 is 0 Å². The van der Waals surface area contributed by atoms with E-state index in [2.05, 4.69) is 11.8 Å². The van der Waals surface area contributed by atoms with Crippen molar-refractivity contribution in [1.29, 1.82) is 0 Å². The lowest BCUT2D eigenvalue weighted by Crippen LogP contribution is -2.44. The maximum atomic E-state index is 12.8. The Labute approximate surface area is 163 Å². The monoisotopic (exact) mass is 370 g/mol. The van der Waals surface area contributed by atoms with Gasteiger partial charge in [0.15, 0.2) is 0 Å². The van der Waals surface area contributed by atoms with Crippen molar-refractivity contribution in [2.75, 3.05) is 39.3 Å². The molecule has 1 aromatic carbocycles. The summed E-state index contributed by atoms with van der Waals surface area (Å²) in [5.41, 5.74) is 2.27. The van der Waals surface area contributed by atoms with Crippen LogP contribution in [0.2, 0.25) is 0 Å². The Bertz CT molecular complexity index is 666. The highest BCUT2D eigenvalue weighted by Gasteiger charge is 2.43. The highest BCUT2D eigenvalue weighted by atomic mass is 16.5. The van der Waals surface area contributed by atoms with E-state index < -0.39 is 0 Å². The third-order valence-electron chi connectivity index (χ3n) is 6.87. The molecule has 27 heavy (non-hydrogen) atoms. The molecule has 0 radical (unpaired) electrons. The Morgan fingerprint density at radius 2 is 2.07 bits per heavy atom. The molecule has 3 aliphatic heterocycles. The van der Waals surface area contributed by atoms with Gasteiger partial charge in [-0.25, -0.2) is 0 Å². The minimum atomic E-state index is 0.186. The van der Waals surface area contributed by atoms with Gasteiger partial charge in [0.05, 0.1) is 12.7 Å². The van der Waals surface area contributed by atoms with Crippen LogP contribution in [0, 0.1) is 18.3 Å². The standard InChI is InChI=1S/C23H34N2O2/c1-18-5-3-7-20(13-18)22(26)25-11-8-23(9-12-25)14-21(27-17-23)16-24-10-4-6-19(2)15-24/h3,5,7,13,19,21H,4,6,8-12,14-17H2,1-2H3. The highest BCUT2D eigenvalue weighted by molar-refractivity contribution is 5.94. The number of hydrogen-bond acceptors (Lipinski definition) is 3. The normalized spacial score (nSPS) is 28.6. The zero-order chi connectivity index (χ0) is 18.9. The summed E-state index contributed by atoms with van der Waals surface area (Å²) >= 11 is 0. The number of nitrogens with zero attached hydrogens (tertiary/aromatic N) is 2. The van der Waals surface area contributed by atoms with Crippen molar-refractivity contribution in [2.45, 2.75) is 52.1 Å². The van der Waals surface area contributed by atoms with E-state index in [0.29, 0.717) is 11.5 Å². The molecule has 3 heterocycles. The topological polar surface area (TPSA) is 32.8 Å². The molecule has 1 spiro atoms. The Balaban J connectivity index is 1.29. The second-order valence-corrected chi connectivity index (χ2v) is 9.31. The summed E-state index contributed by atoms with van der Waals surface area (Å²) < 4.78 is 6.24. The first kappa shape index (κ1) is 18.9. The van der Waals surface area contributed by atoms with Crippen LogP contribution in [0.4, 0.5) is 0 Å². The van der Waals surface area contributed by atoms with Gasteiger partial charge in [0.25, 0.3) is 5.91 Å². The predicted molar refractivity (Wildman–Crippen MR) is 108 cm³/mol. The number of benzene rings is 1. The minimum absolute atomic E-state index is 0.186. The van der Waals surface area contributed by atoms with E-state index in [9.17, 15) is 4.79 Å². The SMILES string of the molecule is Cc1cccc(C(=O)N2CCC3(CC2)COC(CN2CCCC(C)C2)C3)c1. The summed E-state index contributed by atoms with van der Waals surface area (Å²) in [6, 6.07) is 7.96. The van der Waals surface area contributed by atoms with Crippen LogP contribution in [0.15, 0.2) is 24.3 Å². The first-order chi connectivity index (χ1) is 13.0. The van der Waals surface area contributed by atoms with Gasteiger partial charge in [0, 0.05) is 31.7 Å². The lowest BCUT2D eigenvalue weighted by Gasteiger charge is -2.38. The zero-order valence-corrected chi connectivity index (χ0v) is 17.0. The lowest BCUT2D eigenvalue weighted by molar-refractivity contribution is 0.0402. The molecule has 0 N–H and O–H groups in total. The molecule has 0 aromatic heterocycles. The molecular formula is C23H34N2O2. The van der Waals surface area contributed by atoms with Crippen molar-refractivity contribution in [3.63, 3.8) is 0 Å². The predicted octanol–water partition coefficient (Wildman–Crippen LogP) is 3.74. The van der Waals surface area contributed by atoms with E-state index in [1.165, 1.54) is 32.4 Å². The van der Waals surface area contributed by atoms with E-state index in [0.717, 1.165) is 56.1 Å². The Morgan fingerprint density at radius 3 is 2.81 bits per heavy atom. The third-order valence-corrected chi connectivity index (χ3v) is 6.87. The molecule has 3 aliphatic rings. The second-order valence-electron chi connectivity index (χ2n) is 9.31. The first-order valence-electron chi connectivity index (χ1n) is 10.7. The molecule has 3 fully saturated rings. The molecule has 0 aliphatic carbocycles. The summed E-state index contributed by atoms with van der Waals surface area (Å²) in [4.78, 5) is 17.4. The maximum Gasteiger partial charge on any atom is 0.253 e. The van der Waals surface area contributed by atoms with Gasteiger partial charge in [0.2, 0.25) is 0 Å². The molecule has 0 saturated carbocycles. The molecule has 148 valence electrons. The van der Waals surface area contributed by atoms with Crippen molar-refractivity contribution in [3.05, 3.63) is 35.4 Å². The average Bonchev–Trinajstić information content (AvgIpc) is 3.04. The highest BCUT2D eigenvalue weighted by Crippen LogP contribution is 2.42. The van der Waals surface area contributed by atoms with Crippen LogP contribution in [0.3, 0.4) is 0 Å². The van der Waals surface area contributed by atoms with Gasteiger partial charge < -0.3 is 14.5 Å². The zero-order valence-electron chi connectivity index (χ0n) is 17.0. The summed E-state index contributed by atoms with van der Waals surface area (Å²) in [6.45, 7) is 10.6. The van der Waals surface area contributed by atoms with E-state index in [1.807, 2.05) is 36.1 Å². The number of carbonyl (C=O) groups is 1. The Morgan fingerprint density at radius 1 is 1.26 bits per heavy atom. The van der Waals surface area contributed by atoms with Gasteiger partial charge in [-0.3, -0.25) is 4.79 Å². The van der Waals surface area contributed by atoms with Crippen LogP contribution >= 0.6 is 0 Å². The average molecular weight is 371 g/mol. The summed E-state index contributed by atoms with van der Waals surface area (Å²) in [5.74, 6) is 1.01. The largest absolute Gasteiger partial charge is 0.376 e. The quantitative estimate of drug-likeness (QED) is 0.813. The number of hydrogen-bond donors (Lipinski definition) is 0. The van der Waals surface area contributed by atoms with Crippen molar-refractivity contribution in [2.24, 2.45) is 11.3 Å². The van der Waals surface area contributed by atoms with Gasteiger partial charge in [-0.1, -0.05) is 24.6 Å². The fourth-order valence-electron chi connectivity index (χ4n) is 5.25. The van der Waals surface area contributed by atoms with Gasteiger partial charge in [-0.15, -0.1) is 0 Å². The molecule has 1 amide bonds. The molecule has 1 aromatic rings. The number of rotatable bonds is 3. The number of aryl methyl sites for hydroxylation is 1. The smallest absolute Gasteiger partial charge is 0.253 e. The number of ether oxygens (including phenoxy) is 1. The minimum Gasteiger partial charge on any atom is -0.376 e. The molecular weight excluding hydrogens is 336 g/mol. The third kappa shape index (κ3) is 4.38. The molecule has 3 saturated heterocycles. The van der Waals surface area contributed by atoms with Crippen LogP contribution in [0.1, 0.15) is 54.9 Å². The molecule has 4 rings (SSSR count). The van der Waals surface area contributed by atoms with Gasteiger partial charge in [-0.2, -0.15) is 0 Å². The summed E-state index contributed by atoms with van der Waals surface area (Å²) in [7, 11) is 0. The second kappa shape index (κ2) is 7.92. The van der Waals surface area contributed by atoms with E-state index >= 15 is 0 Å². The maximum absolute atomic E-state index is 12.8. The molecule has 2 unspecified atom stereocenters. The van der Waals surface area contributed by atoms with E-state index in [4.69, 9.17) is 4.74 Å². The van der Waals surface area contributed by atoms with Crippen molar-refractivity contribution < 1.29 is 9.53 Å². The molecule has 0 bridgehead atoms. The number of piperidine rings is 2. The summed E-state index contributed by atoms with van der Waals surface area (Å²) in [6.07, 6.45) is 6.42. The Hall–Kier alpha value is -1.39. The summed E-state index contributed by atoms with van der Waals surface area (Å²) in [5, 5.41) is 0. The van der Waals surface area contributed by atoms with E-state index in [1.54, 1.807) is 0 Å². The van der Waals surface area contributed by atoms with E-state index in [-0.39, 0.29) is 5.91 Å². The molecule has 4 heteroatoms. The van der Waals surface area contributed by atoms with Crippen molar-refractivity contribution >= 4 is 5.91 Å². The number of carbonyl (C=O) groups excluding carboxylic acids is 1. The number of likely N-dealkylation sites (tertiary alicyclic amines) is 2. The van der Waals surface area contributed by atoms with Gasteiger partial charge in [-0.05, 0) is 69.0 Å². The van der Waals surface area contributed by atoms with Crippen LogP contribution in [-0.2, 0) is 4.74 Å². The van der Waals surface area contributed by atoms with Gasteiger partial charge in [0.1, 0.15) is 0 Å². The van der Waals surface area contributed by atoms with Gasteiger partial charge >= 0.3 is 0 Å².